The Balaban J connectivity index is 1.54. The highest BCUT2D eigenvalue weighted by Gasteiger charge is 2.39. The second-order valence-corrected chi connectivity index (χ2v) is 12.5. The number of benzene rings is 1. The number of nitrogens with zero attached hydrogens (tertiary/aromatic N) is 2. The lowest BCUT2D eigenvalue weighted by atomic mass is 9.93. The van der Waals surface area contributed by atoms with Crippen LogP contribution in [0, 0.1) is 18.8 Å². The molecule has 0 saturated carbocycles. The van der Waals surface area contributed by atoms with Crippen LogP contribution < -0.4 is 10.6 Å². The summed E-state index contributed by atoms with van der Waals surface area (Å²) in [6.45, 7) is 7.62. The molecule has 3 amide bonds. The van der Waals surface area contributed by atoms with Crippen molar-refractivity contribution >= 4 is 35.3 Å². The first-order valence-electron chi connectivity index (χ1n) is 16.4. The molecule has 262 valence electrons. The number of hydrogen-bond donors (Lipinski definition) is 3. The van der Waals surface area contributed by atoms with Gasteiger partial charge in [0.2, 0.25) is 11.8 Å². The molecular weight excluding hydrogens is 632 g/mol. The number of aromatic nitrogens is 1. The van der Waals surface area contributed by atoms with Gasteiger partial charge in [-0.05, 0) is 44.9 Å². The highest BCUT2D eigenvalue weighted by atomic mass is 16.6. The molecule has 0 radical (unpaired) electrons. The van der Waals surface area contributed by atoms with Crippen molar-refractivity contribution in [1.82, 2.24) is 15.2 Å². The van der Waals surface area contributed by atoms with Crippen LogP contribution in [0.5, 0.6) is 0 Å². The quantitative estimate of drug-likeness (QED) is 0.400. The normalized spacial score (nSPS) is 26.0. The van der Waals surface area contributed by atoms with Gasteiger partial charge < -0.3 is 29.2 Å². The summed E-state index contributed by atoms with van der Waals surface area (Å²) in [6, 6.07) is 6.31. The third-order valence-electron chi connectivity index (χ3n) is 8.23. The summed E-state index contributed by atoms with van der Waals surface area (Å²) in [4.78, 5) is 70.4. The van der Waals surface area contributed by atoms with Crippen molar-refractivity contribution in [2.75, 3.05) is 25.0 Å². The summed E-state index contributed by atoms with van der Waals surface area (Å²) < 4.78 is 16.9. The molecular formula is C36H44N4O9. The van der Waals surface area contributed by atoms with Crippen molar-refractivity contribution in [3.8, 4) is 0 Å². The Morgan fingerprint density at radius 3 is 2.67 bits per heavy atom. The number of allylic oxidation sites excluding steroid dienone is 2. The molecule has 4 rings (SSSR count). The third kappa shape index (κ3) is 11.0. The van der Waals surface area contributed by atoms with Gasteiger partial charge in [0.15, 0.2) is 5.69 Å². The minimum absolute atomic E-state index is 0.0227. The Morgan fingerprint density at radius 2 is 1.92 bits per heavy atom. The van der Waals surface area contributed by atoms with Crippen molar-refractivity contribution in [3.63, 3.8) is 0 Å². The van der Waals surface area contributed by atoms with Crippen LogP contribution in [0.4, 0.5) is 10.5 Å². The number of ether oxygens (including phenoxy) is 2. The largest absolute Gasteiger partial charge is 0.460 e. The third-order valence-corrected chi connectivity index (χ3v) is 8.23. The molecule has 13 nitrogen and oxygen atoms in total. The number of anilines is 1. The first-order chi connectivity index (χ1) is 23.4. The molecule has 1 saturated heterocycles. The van der Waals surface area contributed by atoms with Crippen molar-refractivity contribution in [2.45, 2.75) is 71.6 Å². The van der Waals surface area contributed by atoms with Gasteiger partial charge in [-0.25, -0.2) is 14.6 Å². The summed E-state index contributed by atoms with van der Waals surface area (Å²) in [7, 11) is 0. The maximum atomic E-state index is 13.7. The number of esters is 1. The van der Waals surface area contributed by atoms with Crippen molar-refractivity contribution in [1.29, 1.82) is 0 Å². The Labute approximate surface area is 285 Å². The molecule has 49 heavy (non-hydrogen) atoms. The first kappa shape index (κ1) is 36.8. The van der Waals surface area contributed by atoms with E-state index in [4.69, 9.17) is 13.9 Å². The maximum Gasteiger partial charge on any atom is 0.411 e. The van der Waals surface area contributed by atoms with E-state index < -0.39 is 48.1 Å². The van der Waals surface area contributed by atoms with Crippen LogP contribution in [-0.2, 0) is 30.3 Å². The van der Waals surface area contributed by atoms with E-state index in [-0.39, 0.29) is 55.8 Å². The van der Waals surface area contributed by atoms with Gasteiger partial charge in [0, 0.05) is 37.0 Å². The summed E-state index contributed by atoms with van der Waals surface area (Å²) in [6.07, 6.45) is 7.00. The van der Waals surface area contributed by atoms with Gasteiger partial charge in [-0.1, -0.05) is 61.4 Å². The molecule has 5 atom stereocenters. The molecule has 1 aromatic carbocycles. The fourth-order valence-electron chi connectivity index (χ4n) is 5.64. The molecule has 1 aromatic heterocycles. The average molecular weight is 677 g/mol. The predicted molar refractivity (Wildman–Crippen MR) is 179 cm³/mol. The highest BCUT2D eigenvalue weighted by Crippen LogP contribution is 2.26. The van der Waals surface area contributed by atoms with Crippen LogP contribution in [0.15, 0.2) is 70.9 Å². The van der Waals surface area contributed by atoms with Gasteiger partial charge in [-0.2, -0.15) is 0 Å². The van der Waals surface area contributed by atoms with Crippen molar-refractivity contribution in [3.05, 3.63) is 83.6 Å². The van der Waals surface area contributed by atoms with Gasteiger partial charge in [0.25, 0.3) is 5.91 Å². The summed E-state index contributed by atoms with van der Waals surface area (Å²) >= 11 is 0. The van der Waals surface area contributed by atoms with E-state index in [0.717, 1.165) is 11.8 Å². The molecule has 2 bridgehead atoms. The number of aliphatic hydroxyl groups excluding tert-OH is 1. The Kier molecular flexibility index (Phi) is 13.1. The van der Waals surface area contributed by atoms with Crippen LogP contribution in [0.1, 0.15) is 62.0 Å². The average Bonchev–Trinajstić information content (AvgIpc) is 3.74. The smallest absolute Gasteiger partial charge is 0.411 e. The van der Waals surface area contributed by atoms with Gasteiger partial charge in [0.05, 0.1) is 19.1 Å². The fraction of sp³-hybridized carbons (Fsp3) is 0.444. The van der Waals surface area contributed by atoms with Crippen LogP contribution in [0.2, 0.25) is 0 Å². The number of nitrogens with one attached hydrogen (secondary N) is 2. The van der Waals surface area contributed by atoms with E-state index >= 15 is 0 Å². The zero-order valence-electron chi connectivity index (χ0n) is 28.2. The molecule has 13 heteroatoms. The number of hydrogen-bond acceptors (Lipinski definition) is 10. The molecule has 2 aromatic rings. The number of ketones is 1. The van der Waals surface area contributed by atoms with E-state index in [9.17, 15) is 29.1 Å². The zero-order valence-corrected chi connectivity index (χ0v) is 28.2. The van der Waals surface area contributed by atoms with Gasteiger partial charge in [-0.15, -0.1) is 0 Å². The minimum Gasteiger partial charge on any atom is -0.460 e. The van der Waals surface area contributed by atoms with Gasteiger partial charge >= 0.3 is 12.1 Å². The van der Waals surface area contributed by atoms with Crippen molar-refractivity contribution < 1.29 is 43.0 Å². The highest BCUT2D eigenvalue weighted by molar-refractivity contribution is 5.95. The van der Waals surface area contributed by atoms with Crippen LogP contribution in [0.25, 0.3) is 0 Å². The summed E-state index contributed by atoms with van der Waals surface area (Å²) in [5.41, 5.74) is 2.24. The Hall–Kier alpha value is -5.04. The number of aryl methyl sites for hydroxylation is 1. The number of rotatable bonds is 4. The Bertz CT molecular complexity index is 1590. The summed E-state index contributed by atoms with van der Waals surface area (Å²) in [5, 5.41) is 15.8. The number of carbonyl (C=O) groups excluding carboxylic acids is 5. The molecule has 0 aliphatic carbocycles. The first-order valence-corrected chi connectivity index (χ1v) is 16.4. The second kappa shape index (κ2) is 17.4. The van der Waals surface area contributed by atoms with E-state index in [1.165, 1.54) is 17.1 Å². The molecule has 0 spiro atoms. The number of fused-ring (bicyclic) bond motifs is 3. The fourth-order valence-corrected chi connectivity index (χ4v) is 5.64. The zero-order chi connectivity index (χ0) is 35.5. The van der Waals surface area contributed by atoms with Crippen LogP contribution >= 0.6 is 0 Å². The number of amides is 3. The second-order valence-electron chi connectivity index (χ2n) is 12.5. The van der Waals surface area contributed by atoms with E-state index in [0.29, 0.717) is 24.1 Å². The van der Waals surface area contributed by atoms with E-state index in [1.54, 1.807) is 51.1 Å². The SMILES string of the molecule is CC1=C\[C@@H](O)CC(=O)Cc2nc(co2)C(=O)N2CCC[C@@H]2C(=O)O[C@H]([C@@H](C)COC(=O)Nc2ccc(C)cc2)[C@H](C)/C=C/C(=O)NC\C=C\1. The Morgan fingerprint density at radius 1 is 1.16 bits per heavy atom. The monoisotopic (exact) mass is 676 g/mol. The molecule has 2 aliphatic heterocycles. The number of Topliss-reactive ketones (excluding diaryl/α,β-unsaturated/α-hetero) is 1. The molecule has 3 N–H and O–H groups in total. The lowest BCUT2D eigenvalue weighted by molar-refractivity contribution is -0.159. The van der Waals surface area contributed by atoms with Crippen LogP contribution in [-0.4, -0.2) is 82.6 Å². The number of oxazole rings is 1. The number of carbonyl (C=O) groups is 5. The summed E-state index contributed by atoms with van der Waals surface area (Å²) in [5.74, 6) is -2.88. The van der Waals surface area contributed by atoms with Crippen LogP contribution in [0.3, 0.4) is 0 Å². The molecule has 0 unspecified atom stereocenters. The lowest BCUT2D eigenvalue weighted by Crippen LogP contribution is -2.44. The number of cyclic esters (lactones) is 1. The van der Waals surface area contributed by atoms with Crippen molar-refractivity contribution in [2.24, 2.45) is 11.8 Å². The van der Waals surface area contributed by atoms with E-state index in [2.05, 4.69) is 15.6 Å². The topological polar surface area (TPSA) is 177 Å². The molecule has 3 heterocycles. The standard InChI is InChI=1S/C36H44N4O9/c1-22-9-12-26(13-10-22)38-36(46)48-20-25(4)33-24(3)11-14-31(43)37-15-5-7-23(2)17-27(41)18-28(42)19-32-39-29(21-47-32)34(44)40-16-6-8-30(40)35(45)49-33/h5,7,9-14,17,21,24-25,27,30,33,41H,6,8,15-16,18-20H2,1-4H3,(H,37,43)(H,38,46)/b7-5+,14-11+,23-17+/t24-,25+,27-,30-,33+/m1/s1. The minimum atomic E-state index is -1.05. The predicted octanol–water partition coefficient (Wildman–Crippen LogP) is 4.07. The maximum absolute atomic E-state index is 13.7. The van der Waals surface area contributed by atoms with E-state index in [1.807, 2.05) is 19.1 Å². The molecule has 2 aliphatic rings. The lowest BCUT2D eigenvalue weighted by Gasteiger charge is -2.30. The van der Waals surface area contributed by atoms with Gasteiger partial charge in [0.1, 0.15) is 24.2 Å². The number of aliphatic hydroxyl groups is 1. The van der Waals surface area contributed by atoms with Gasteiger partial charge in [-0.3, -0.25) is 19.7 Å². The molecule has 1 fully saturated rings.